The number of hydrogen-bond donors (Lipinski definition) is 1. The van der Waals surface area contributed by atoms with Gasteiger partial charge in [-0.3, -0.25) is 9.59 Å². The van der Waals surface area contributed by atoms with Crippen LogP contribution in [0.15, 0.2) is 42.5 Å². The highest BCUT2D eigenvalue weighted by molar-refractivity contribution is 6.36. The fourth-order valence-corrected chi connectivity index (χ4v) is 3.93. The molecule has 0 fully saturated rings. The monoisotopic (exact) mass is 512 g/mol. The highest BCUT2D eigenvalue weighted by atomic mass is 35.5. The van der Waals surface area contributed by atoms with E-state index >= 15 is 0 Å². The number of nitrogens with one attached hydrogen (secondary N) is 1. The van der Waals surface area contributed by atoms with Gasteiger partial charge in [-0.2, -0.15) is 0 Å². The van der Waals surface area contributed by atoms with Gasteiger partial charge in [-0.05, 0) is 55.2 Å². The lowest BCUT2D eigenvalue weighted by atomic mass is 10.1. The maximum absolute atomic E-state index is 13.3. The van der Waals surface area contributed by atoms with E-state index in [9.17, 15) is 9.59 Å². The first-order valence-corrected chi connectivity index (χ1v) is 12.2. The van der Waals surface area contributed by atoms with Gasteiger partial charge in [0, 0.05) is 40.1 Å². The Morgan fingerprint density at radius 2 is 1.67 bits per heavy atom. The van der Waals surface area contributed by atoms with Crippen LogP contribution in [0.1, 0.15) is 45.6 Å². The Morgan fingerprint density at radius 3 is 2.24 bits per heavy atom. The molecule has 0 aromatic heterocycles. The quantitative estimate of drug-likeness (QED) is 0.335. The summed E-state index contributed by atoms with van der Waals surface area (Å²) in [5, 5.41) is 4.50. The van der Waals surface area contributed by atoms with Crippen molar-refractivity contribution in [3.05, 3.63) is 63.1 Å². The number of hydrogen-bond acceptors (Lipinski definition) is 3. The summed E-state index contributed by atoms with van der Waals surface area (Å²) in [5.74, 6) is 0.655. The lowest BCUT2D eigenvalue weighted by Gasteiger charge is -2.31. The molecule has 1 N–H and O–H groups in total. The molecule has 0 aliphatic heterocycles. The minimum Gasteiger partial charge on any atom is -0.494 e. The number of ether oxygens (including phenoxy) is 1. The molecule has 33 heavy (non-hydrogen) atoms. The molecule has 8 heteroatoms. The summed E-state index contributed by atoms with van der Waals surface area (Å²) in [7, 11) is 0. The zero-order valence-corrected chi connectivity index (χ0v) is 21.5. The van der Waals surface area contributed by atoms with E-state index in [1.165, 1.54) is 0 Å². The van der Waals surface area contributed by atoms with Crippen molar-refractivity contribution in [1.82, 2.24) is 10.2 Å². The van der Waals surface area contributed by atoms with Gasteiger partial charge in [-0.15, -0.1) is 0 Å². The van der Waals surface area contributed by atoms with Crippen molar-refractivity contribution in [2.45, 2.75) is 52.6 Å². The predicted molar refractivity (Wildman–Crippen MR) is 135 cm³/mol. The zero-order valence-electron chi connectivity index (χ0n) is 19.2. The minimum absolute atomic E-state index is 0.155. The molecular weight excluding hydrogens is 483 g/mol. The van der Waals surface area contributed by atoms with Crippen molar-refractivity contribution in [2.24, 2.45) is 5.92 Å². The van der Waals surface area contributed by atoms with E-state index in [-0.39, 0.29) is 24.8 Å². The van der Waals surface area contributed by atoms with Crippen molar-refractivity contribution in [1.29, 1.82) is 0 Å². The van der Waals surface area contributed by atoms with Crippen molar-refractivity contribution in [3.8, 4) is 5.75 Å². The van der Waals surface area contributed by atoms with E-state index in [1.807, 2.05) is 20.8 Å². The van der Waals surface area contributed by atoms with Crippen LogP contribution in [0.2, 0.25) is 15.1 Å². The number of carbonyl (C=O) groups is 2. The average Bonchev–Trinajstić information content (AvgIpc) is 2.78. The van der Waals surface area contributed by atoms with Crippen LogP contribution in [0.3, 0.4) is 0 Å². The normalized spacial score (nSPS) is 11.8. The molecule has 0 saturated heterocycles. The molecule has 5 nitrogen and oxygen atoms in total. The Balaban J connectivity index is 2.11. The van der Waals surface area contributed by atoms with Crippen LogP contribution in [-0.2, 0) is 16.1 Å². The predicted octanol–water partition coefficient (Wildman–Crippen LogP) is 6.39. The number of nitrogens with zero attached hydrogens (tertiary/aromatic N) is 1. The Labute approximate surface area is 211 Å². The van der Waals surface area contributed by atoms with Gasteiger partial charge in [0.15, 0.2) is 0 Å². The van der Waals surface area contributed by atoms with E-state index in [0.29, 0.717) is 58.3 Å². The topological polar surface area (TPSA) is 58.6 Å². The number of amides is 2. The van der Waals surface area contributed by atoms with Crippen LogP contribution in [0.25, 0.3) is 0 Å². The zero-order chi connectivity index (χ0) is 24.4. The minimum atomic E-state index is -0.624. The lowest BCUT2D eigenvalue weighted by molar-refractivity contribution is -0.141. The van der Waals surface area contributed by atoms with E-state index in [1.54, 1.807) is 47.4 Å². The van der Waals surface area contributed by atoms with Gasteiger partial charge in [-0.25, -0.2) is 0 Å². The summed E-state index contributed by atoms with van der Waals surface area (Å²) < 4.78 is 5.70. The summed E-state index contributed by atoms with van der Waals surface area (Å²) >= 11 is 18.6. The van der Waals surface area contributed by atoms with Crippen molar-refractivity contribution in [2.75, 3.05) is 13.2 Å². The maximum atomic E-state index is 13.3. The molecule has 0 unspecified atom stereocenters. The SMILES string of the molecule is CC[C@H](C(=O)NCC(C)C)N(Cc1c(Cl)cccc1Cl)C(=O)CCCOc1ccc(Cl)cc1. The van der Waals surface area contributed by atoms with Crippen LogP contribution >= 0.6 is 34.8 Å². The van der Waals surface area contributed by atoms with Crippen LogP contribution in [0.4, 0.5) is 0 Å². The molecule has 2 aromatic rings. The molecule has 2 amide bonds. The number of carbonyl (C=O) groups excluding carboxylic acids is 2. The molecule has 0 aliphatic carbocycles. The maximum Gasteiger partial charge on any atom is 0.242 e. The van der Waals surface area contributed by atoms with Gasteiger partial charge in [-0.1, -0.05) is 61.6 Å². The summed E-state index contributed by atoms with van der Waals surface area (Å²) in [6.45, 7) is 6.99. The van der Waals surface area contributed by atoms with Crippen LogP contribution in [0, 0.1) is 5.92 Å². The highest BCUT2D eigenvalue weighted by Crippen LogP contribution is 2.27. The Bertz CT molecular complexity index is 899. The van der Waals surface area contributed by atoms with Crippen LogP contribution < -0.4 is 10.1 Å². The number of halogens is 3. The summed E-state index contributed by atoms with van der Waals surface area (Å²) in [6.07, 6.45) is 1.20. The first-order valence-electron chi connectivity index (χ1n) is 11.1. The standard InChI is InChI=1S/C25H31Cl3N2O3/c1-4-23(25(32)29-15-17(2)3)30(16-20-21(27)7-5-8-22(20)28)24(31)9-6-14-33-19-12-10-18(26)11-13-19/h5,7-8,10-13,17,23H,4,6,9,14-16H2,1-3H3,(H,29,32)/t23-/m1/s1. The Kier molecular flexibility index (Phi) is 11.3. The molecule has 0 aliphatic rings. The fourth-order valence-electron chi connectivity index (χ4n) is 3.28. The second kappa shape index (κ2) is 13.7. The first kappa shape index (κ1) is 27.3. The third-order valence-electron chi connectivity index (χ3n) is 5.08. The second-order valence-corrected chi connectivity index (χ2v) is 9.44. The van der Waals surface area contributed by atoms with E-state index in [0.717, 1.165) is 0 Å². The smallest absolute Gasteiger partial charge is 0.242 e. The molecule has 0 saturated carbocycles. The molecule has 0 radical (unpaired) electrons. The van der Waals surface area contributed by atoms with Gasteiger partial charge in [0.05, 0.1) is 6.61 Å². The number of rotatable bonds is 12. The molecular formula is C25H31Cl3N2O3. The van der Waals surface area contributed by atoms with Gasteiger partial charge in [0.1, 0.15) is 11.8 Å². The number of benzene rings is 2. The van der Waals surface area contributed by atoms with Crippen molar-refractivity contribution >= 4 is 46.6 Å². The first-order chi connectivity index (χ1) is 15.7. The van der Waals surface area contributed by atoms with E-state index in [4.69, 9.17) is 39.5 Å². The molecule has 0 heterocycles. The average molecular weight is 514 g/mol. The van der Waals surface area contributed by atoms with Crippen LogP contribution in [-0.4, -0.2) is 35.9 Å². The third kappa shape index (κ3) is 8.73. The molecule has 180 valence electrons. The van der Waals surface area contributed by atoms with Gasteiger partial charge < -0.3 is 15.0 Å². The third-order valence-corrected chi connectivity index (χ3v) is 6.04. The Morgan fingerprint density at radius 1 is 1.03 bits per heavy atom. The molecule has 2 aromatic carbocycles. The van der Waals surface area contributed by atoms with Gasteiger partial charge in [0.2, 0.25) is 11.8 Å². The van der Waals surface area contributed by atoms with E-state index in [2.05, 4.69) is 5.32 Å². The van der Waals surface area contributed by atoms with Crippen molar-refractivity contribution in [3.63, 3.8) is 0 Å². The second-order valence-electron chi connectivity index (χ2n) is 8.19. The van der Waals surface area contributed by atoms with Gasteiger partial charge in [0.25, 0.3) is 0 Å². The molecule has 2 rings (SSSR count). The van der Waals surface area contributed by atoms with E-state index < -0.39 is 6.04 Å². The van der Waals surface area contributed by atoms with Crippen LogP contribution in [0.5, 0.6) is 5.75 Å². The summed E-state index contributed by atoms with van der Waals surface area (Å²) in [6, 6.07) is 11.6. The molecule has 1 atom stereocenters. The molecule has 0 bridgehead atoms. The van der Waals surface area contributed by atoms with Gasteiger partial charge >= 0.3 is 0 Å². The summed E-state index contributed by atoms with van der Waals surface area (Å²) in [4.78, 5) is 27.8. The lowest BCUT2D eigenvalue weighted by Crippen LogP contribution is -2.49. The fraction of sp³-hybridized carbons (Fsp3) is 0.440. The Hall–Kier alpha value is -1.95. The summed E-state index contributed by atoms with van der Waals surface area (Å²) in [5.41, 5.74) is 0.627. The largest absolute Gasteiger partial charge is 0.494 e. The highest BCUT2D eigenvalue weighted by Gasteiger charge is 2.29. The van der Waals surface area contributed by atoms with Crippen molar-refractivity contribution < 1.29 is 14.3 Å². The molecule has 0 spiro atoms.